The van der Waals surface area contributed by atoms with E-state index in [-0.39, 0.29) is 12.3 Å². The number of carbonyl (C=O) groups excluding carboxylic acids is 2. The summed E-state index contributed by atoms with van der Waals surface area (Å²) in [5, 5.41) is 57.8. The molecule has 0 aromatic heterocycles. The van der Waals surface area contributed by atoms with E-state index in [1.807, 2.05) is 0 Å². The Kier molecular flexibility index (Phi) is 11.1. The maximum absolute atomic E-state index is 11.8. The third kappa shape index (κ3) is 6.69. The van der Waals surface area contributed by atoms with Crippen molar-refractivity contribution in [2.24, 2.45) is 0 Å². The molecule has 0 bridgehead atoms. The monoisotopic (exact) mass is 503 g/mol. The van der Waals surface area contributed by atoms with Gasteiger partial charge >= 0.3 is 0 Å². The maximum Gasteiger partial charge on any atom is 0.217 e. The molecule has 0 spiro atoms. The Morgan fingerprint density at radius 2 is 1.76 bits per heavy atom. The number of aliphatic carboxylic acids is 1. The normalized spacial score (nSPS) is 39.2. The van der Waals surface area contributed by atoms with E-state index in [0.717, 1.165) is 7.11 Å². The van der Waals surface area contributed by atoms with Gasteiger partial charge < -0.3 is 59.5 Å². The van der Waals surface area contributed by atoms with Crippen LogP contribution in [-0.2, 0) is 46.8 Å². The summed E-state index contributed by atoms with van der Waals surface area (Å²) in [5.74, 6) is -2.32. The van der Waals surface area contributed by atoms with Crippen molar-refractivity contribution in [2.45, 2.75) is 68.3 Å². The molecule has 2 aliphatic rings. The van der Waals surface area contributed by atoms with E-state index in [1.54, 1.807) is 0 Å². The quantitative estimate of drug-likeness (QED) is 0.0892. The molecule has 1 amide bonds. The van der Waals surface area contributed by atoms with E-state index in [0.29, 0.717) is 0 Å². The summed E-state index contributed by atoms with van der Waals surface area (Å²) in [4.78, 5) is 23.3. The summed E-state index contributed by atoms with van der Waals surface area (Å²) in [6.45, 7) is 0.506. The Morgan fingerprint density at radius 3 is 2.27 bits per heavy atom. The number of carboxylic acid groups (broad SMARTS) is 1. The Bertz CT molecular complexity index is 643. The first-order valence-electron chi connectivity index (χ1n) is 9.45. The molecular weight excluding hydrogens is 478 g/mol. The lowest BCUT2D eigenvalue weighted by molar-refractivity contribution is -0.777. The minimum atomic E-state index is -1.84. The van der Waals surface area contributed by atoms with Gasteiger partial charge in [0, 0.05) is 21.1 Å². The predicted molar refractivity (Wildman–Crippen MR) is 96.3 cm³/mol. The summed E-state index contributed by atoms with van der Waals surface area (Å²) in [6, 6.07) is -1.18. The SMILES string of the molecule is CO[C@@H]1OC(CO)[C@H](OSOO[O-])[C@H](O[C@@H]2OC(C(=O)[O-])[C@H](OC)[C@H](O)C2O)C1NC(C)=O. The van der Waals surface area contributed by atoms with Crippen molar-refractivity contribution in [3.8, 4) is 0 Å². The van der Waals surface area contributed by atoms with Crippen molar-refractivity contribution in [1.82, 2.24) is 5.32 Å². The number of carboxylic acids is 1. The number of ether oxygens (including phenoxy) is 5. The first kappa shape index (κ1) is 28.1. The summed E-state index contributed by atoms with van der Waals surface area (Å²) in [6.07, 6.45) is -13.9. The minimum absolute atomic E-state index is 0.0490. The largest absolute Gasteiger partial charge is 0.691 e. The van der Waals surface area contributed by atoms with Crippen molar-refractivity contribution in [3.05, 3.63) is 0 Å². The number of hydrogen-bond acceptors (Lipinski definition) is 16. The molecule has 2 fully saturated rings. The van der Waals surface area contributed by atoms with Crippen molar-refractivity contribution in [3.63, 3.8) is 0 Å². The van der Waals surface area contributed by atoms with Gasteiger partial charge in [-0.15, -0.1) is 4.33 Å². The van der Waals surface area contributed by atoms with Crippen LogP contribution in [0.4, 0.5) is 0 Å². The van der Waals surface area contributed by atoms with E-state index >= 15 is 0 Å². The molecule has 0 aromatic carbocycles. The van der Waals surface area contributed by atoms with Crippen molar-refractivity contribution < 1.29 is 72.5 Å². The van der Waals surface area contributed by atoms with Gasteiger partial charge in [0.1, 0.15) is 48.8 Å². The average Bonchev–Trinajstić information content (AvgIpc) is 2.78. The number of methoxy groups -OCH3 is 2. The summed E-state index contributed by atoms with van der Waals surface area (Å²) >= 11 is 0.0490. The van der Waals surface area contributed by atoms with E-state index in [1.165, 1.54) is 14.0 Å². The van der Waals surface area contributed by atoms with E-state index in [2.05, 4.69) is 14.7 Å². The van der Waals surface area contributed by atoms with Crippen LogP contribution >= 0.6 is 12.3 Å². The van der Waals surface area contributed by atoms with Gasteiger partial charge in [-0.2, -0.15) is 0 Å². The van der Waals surface area contributed by atoms with E-state index < -0.39 is 79.8 Å². The second-order valence-electron chi connectivity index (χ2n) is 6.98. The highest BCUT2D eigenvalue weighted by atomic mass is 32.2. The van der Waals surface area contributed by atoms with Gasteiger partial charge in [-0.25, -0.2) is 0 Å². The highest BCUT2D eigenvalue weighted by Gasteiger charge is 2.53. The zero-order chi connectivity index (χ0) is 24.7. The molecular formula is C16H25NO15S-2. The number of rotatable bonds is 11. The molecule has 2 saturated heterocycles. The summed E-state index contributed by atoms with van der Waals surface area (Å²) in [5.41, 5.74) is 0. The number of nitrogens with one attached hydrogen (secondary N) is 1. The molecule has 0 aromatic rings. The van der Waals surface area contributed by atoms with Crippen LogP contribution in [0.15, 0.2) is 0 Å². The van der Waals surface area contributed by atoms with Gasteiger partial charge in [0.2, 0.25) is 5.91 Å². The van der Waals surface area contributed by atoms with Gasteiger partial charge in [-0.1, -0.05) is 0 Å². The van der Waals surface area contributed by atoms with Crippen LogP contribution in [0.25, 0.3) is 0 Å². The van der Waals surface area contributed by atoms with Gasteiger partial charge in [-0.3, -0.25) is 14.0 Å². The lowest BCUT2D eigenvalue weighted by Crippen LogP contribution is -2.69. The molecule has 0 saturated carbocycles. The second kappa shape index (κ2) is 13.0. The van der Waals surface area contributed by atoms with Gasteiger partial charge in [-0.05, 0) is 0 Å². The van der Waals surface area contributed by atoms with Crippen molar-refractivity contribution in [2.75, 3.05) is 20.8 Å². The molecule has 0 aliphatic carbocycles. The predicted octanol–water partition coefficient (Wildman–Crippen LogP) is -5.38. The zero-order valence-corrected chi connectivity index (χ0v) is 18.4. The van der Waals surface area contributed by atoms with E-state index in [9.17, 15) is 35.3 Å². The van der Waals surface area contributed by atoms with E-state index in [4.69, 9.17) is 27.9 Å². The van der Waals surface area contributed by atoms with Gasteiger partial charge in [0.15, 0.2) is 24.9 Å². The molecule has 16 nitrogen and oxygen atoms in total. The van der Waals surface area contributed by atoms with Crippen molar-refractivity contribution >= 4 is 24.2 Å². The molecule has 2 rings (SSSR count). The molecule has 2 aliphatic heterocycles. The lowest BCUT2D eigenvalue weighted by Gasteiger charge is -2.48. The number of aliphatic hydroxyl groups excluding tert-OH is 3. The fourth-order valence-corrected chi connectivity index (χ4v) is 3.93. The van der Waals surface area contributed by atoms with Crippen LogP contribution in [0.2, 0.25) is 0 Å². The van der Waals surface area contributed by atoms with Crippen LogP contribution in [0.3, 0.4) is 0 Å². The van der Waals surface area contributed by atoms with Crippen LogP contribution in [0.1, 0.15) is 6.92 Å². The first-order chi connectivity index (χ1) is 15.7. The maximum atomic E-state index is 11.8. The second-order valence-corrected chi connectivity index (χ2v) is 7.44. The molecule has 10 atom stereocenters. The summed E-state index contributed by atoms with van der Waals surface area (Å²) in [7, 11) is 2.33. The number of aliphatic hydroxyl groups is 3. The lowest BCUT2D eigenvalue weighted by atomic mass is 9.95. The smallest absolute Gasteiger partial charge is 0.217 e. The number of hydrogen-bond donors (Lipinski definition) is 4. The summed E-state index contributed by atoms with van der Waals surface area (Å²) < 4.78 is 35.9. The highest BCUT2D eigenvalue weighted by molar-refractivity contribution is 7.89. The molecule has 17 heteroatoms. The topological polar surface area (TPSA) is 227 Å². The third-order valence-corrected chi connectivity index (χ3v) is 5.39. The Balaban J connectivity index is 2.38. The van der Waals surface area contributed by atoms with Crippen molar-refractivity contribution in [1.29, 1.82) is 0 Å². The fourth-order valence-electron chi connectivity index (χ4n) is 3.55. The molecule has 192 valence electrons. The first-order valence-corrected chi connectivity index (χ1v) is 10.1. The standard InChI is InChI=1S/C16H27NO15S/c1-5(19)17-7-11(10(30-33-32-31-24)6(4-18)27-15(7)26-3)28-16-9(21)8(20)12(25-2)13(29-16)14(22)23/h6-13,15-16,18,20-21,24H,4H2,1-3H3,(H,17,19)(H,22,23)/p-2/t6?,7?,8-,9?,10+,11-,12-,13?,15-,16-/m1/s1. The zero-order valence-electron chi connectivity index (χ0n) is 17.6. The van der Waals surface area contributed by atoms with Crippen LogP contribution < -0.4 is 15.7 Å². The van der Waals surface area contributed by atoms with Crippen LogP contribution in [0.5, 0.6) is 0 Å². The Morgan fingerprint density at radius 1 is 1.06 bits per heavy atom. The molecule has 2 heterocycles. The molecule has 4 N–H and O–H groups in total. The average molecular weight is 503 g/mol. The van der Waals surface area contributed by atoms with Crippen LogP contribution in [-0.4, -0.2) is 109 Å². The molecule has 33 heavy (non-hydrogen) atoms. The fraction of sp³-hybridized carbons (Fsp3) is 0.875. The third-order valence-electron chi connectivity index (χ3n) is 4.97. The minimum Gasteiger partial charge on any atom is -0.691 e. The highest BCUT2D eigenvalue weighted by Crippen LogP contribution is 2.33. The number of carbonyl (C=O) groups is 2. The van der Waals surface area contributed by atoms with Gasteiger partial charge in [0.25, 0.3) is 0 Å². The Labute approximate surface area is 191 Å². The Hall–Kier alpha value is -1.19. The van der Waals surface area contributed by atoms with Gasteiger partial charge in [0.05, 0.1) is 12.6 Å². The molecule has 4 unspecified atom stereocenters. The van der Waals surface area contributed by atoms with Crippen LogP contribution in [0, 0.1) is 0 Å². The molecule has 0 radical (unpaired) electrons. The number of amides is 1.